The van der Waals surface area contributed by atoms with Gasteiger partial charge in [-0.2, -0.15) is 5.10 Å². The normalized spacial score (nSPS) is 14.7. The number of aromatic nitrogens is 6. The summed E-state index contributed by atoms with van der Waals surface area (Å²) in [5.74, 6) is 2.51. The largest absolute Gasteiger partial charge is 0.353 e. The van der Waals surface area contributed by atoms with Crippen molar-refractivity contribution in [2.45, 2.75) is 20.8 Å². The number of anilines is 2. The lowest BCUT2D eigenvalue weighted by Gasteiger charge is -2.35. The monoisotopic (exact) mass is 350 g/mol. The Morgan fingerprint density at radius 1 is 0.769 bits per heavy atom. The van der Waals surface area contributed by atoms with E-state index in [2.05, 4.69) is 34.8 Å². The Balaban J connectivity index is 1.48. The molecule has 8 heteroatoms. The number of aryl methyl sites for hydroxylation is 3. The minimum absolute atomic E-state index is 0.793. The minimum Gasteiger partial charge on any atom is -0.353 e. The second-order valence-corrected chi connectivity index (χ2v) is 6.61. The number of rotatable bonds is 3. The molecule has 3 aromatic heterocycles. The van der Waals surface area contributed by atoms with E-state index in [-0.39, 0.29) is 0 Å². The molecule has 0 amide bonds. The van der Waals surface area contributed by atoms with Crippen molar-refractivity contribution in [3.05, 3.63) is 47.8 Å². The van der Waals surface area contributed by atoms with E-state index in [1.54, 1.807) is 6.33 Å². The lowest BCUT2D eigenvalue weighted by molar-refractivity contribution is 0.632. The highest BCUT2D eigenvalue weighted by Crippen LogP contribution is 2.18. The molecule has 3 aromatic rings. The van der Waals surface area contributed by atoms with Crippen LogP contribution in [0.1, 0.15) is 17.0 Å². The Morgan fingerprint density at radius 3 is 2.08 bits per heavy atom. The quantitative estimate of drug-likeness (QED) is 0.711. The van der Waals surface area contributed by atoms with Crippen LogP contribution in [0.3, 0.4) is 0 Å². The fourth-order valence-corrected chi connectivity index (χ4v) is 3.17. The number of nitrogens with zero attached hydrogens (tertiary/aromatic N) is 8. The van der Waals surface area contributed by atoms with Gasteiger partial charge < -0.3 is 9.80 Å². The third-order valence-electron chi connectivity index (χ3n) is 4.52. The summed E-state index contributed by atoms with van der Waals surface area (Å²) in [5, 5.41) is 4.51. The molecule has 0 aromatic carbocycles. The Hall–Kier alpha value is -3.03. The topological polar surface area (TPSA) is 75.9 Å². The van der Waals surface area contributed by atoms with Crippen molar-refractivity contribution in [2.75, 3.05) is 36.0 Å². The standard InChI is InChI=1S/C18H22N8/c1-13-10-19-18(20-11-13)25-6-4-24(5-7-25)16-9-17(22-12-21-16)26-15(3)8-14(2)23-26/h8-12H,4-7H2,1-3H3. The predicted octanol–water partition coefficient (Wildman–Crippen LogP) is 1.70. The third kappa shape index (κ3) is 3.22. The fourth-order valence-electron chi connectivity index (χ4n) is 3.17. The summed E-state index contributed by atoms with van der Waals surface area (Å²) in [6.07, 6.45) is 5.33. The Morgan fingerprint density at radius 2 is 1.42 bits per heavy atom. The molecule has 1 aliphatic rings. The van der Waals surface area contributed by atoms with Crippen LogP contribution in [0.15, 0.2) is 30.9 Å². The van der Waals surface area contributed by atoms with E-state index in [0.717, 1.165) is 60.7 Å². The van der Waals surface area contributed by atoms with Gasteiger partial charge in [0.25, 0.3) is 0 Å². The molecule has 1 saturated heterocycles. The smallest absolute Gasteiger partial charge is 0.225 e. The molecule has 0 radical (unpaired) electrons. The fraction of sp³-hybridized carbons (Fsp3) is 0.389. The lowest BCUT2D eigenvalue weighted by atomic mass is 10.3. The molecule has 0 N–H and O–H groups in total. The first-order chi connectivity index (χ1) is 12.6. The zero-order chi connectivity index (χ0) is 18.1. The van der Waals surface area contributed by atoms with Crippen molar-refractivity contribution in [1.29, 1.82) is 0 Å². The van der Waals surface area contributed by atoms with Crippen LogP contribution in [0.2, 0.25) is 0 Å². The van der Waals surface area contributed by atoms with Gasteiger partial charge in [-0.25, -0.2) is 24.6 Å². The summed E-state index contributed by atoms with van der Waals surface area (Å²) >= 11 is 0. The Bertz CT molecular complexity index is 894. The molecule has 26 heavy (non-hydrogen) atoms. The van der Waals surface area contributed by atoms with Gasteiger partial charge in [-0.15, -0.1) is 0 Å². The first-order valence-electron chi connectivity index (χ1n) is 8.74. The minimum atomic E-state index is 0.793. The van der Waals surface area contributed by atoms with Crippen molar-refractivity contribution in [2.24, 2.45) is 0 Å². The second-order valence-electron chi connectivity index (χ2n) is 6.61. The highest BCUT2D eigenvalue weighted by molar-refractivity contribution is 5.46. The summed E-state index contributed by atoms with van der Waals surface area (Å²) in [6.45, 7) is 9.47. The average molecular weight is 350 g/mol. The molecule has 1 aliphatic heterocycles. The van der Waals surface area contributed by atoms with Gasteiger partial charge in [-0.1, -0.05) is 0 Å². The van der Waals surface area contributed by atoms with Crippen LogP contribution in [0.5, 0.6) is 0 Å². The van der Waals surface area contributed by atoms with E-state index in [9.17, 15) is 0 Å². The molecular weight excluding hydrogens is 328 g/mol. The molecule has 0 unspecified atom stereocenters. The van der Waals surface area contributed by atoms with Gasteiger partial charge in [0.15, 0.2) is 5.82 Å². The highest BCUT2D eigenvalue weighted by atomic mass is 15.3. The lowest BCUT2D eigenvalue weighted by Crippen LogP contribution is -2.47. The highest BCUT2D eigenvalue weighted by Gasteiger charge is 2.20. The molecule has 0 bridgehead atoms. The van der Waals surface area contributed by atoms with Crippen LogP contribution in [0.25, 0.3) is 5.82 Å². The molecule has 1 fully saturated rings. The van der Waals surface area contributed by atoms with Gasteiger partial charge in [0, 0.05) is 50.3 Å². The first-order valence-corrected chi connectivity index (χ1v) is 8.74. The van der Waals surface area contributed by atoms with Crippen molar-refractivity contribution in [1.82, 2.24) is 29.7 Å². The number of hydrogen-bond acceptors (Lipinski definition) is 7. The Labute approximate surface area is 152 Å². The molecule has 8 nitrogen and oxygen atoms in total. The zero-order valence-corrected chi connectivity index (χ0v) is 15.3. The maximum Gasteiger partial charge on any atom is 0.225 e. The van der Waals surface area contributed by atoms with Gasteiger partial charge in [0.1, 0.15) is 12.1 Å². The molecule has 0 spiro atoms. The Kier molecular flexibility index (Phi) is 4.24. The van der Waals surface area contributed by atoms with Crippen molar-refractivity contribution < 1.29 is 0 Å². The van der Waals surface area contributed by atoms with E-state index in [1.807, 2.05) is 50.0 Å². The van der Waals surface area contributed by atoms with Gasteiger partial charge in [-0.3, -0.25) is 0 Å². The average Bonchev–Trinajstić information content (AvgIpc) is 3.01. The second kappa shape index (κ2) is 6.70. The van der Waals surface area contributed by atoms with Gasteiger partial charge in [0.2, 0.25) is 5.95 Å². The summed E-state index contributed by atoms with van der Waals surface area (Å²) in [4.78, 5) is 22.2. The first kappa shape index (κ1) is 16.4. The zero-order valence-electron chi connectivity index (χ0n) is 15.3. The van der Waals surface area contributed by atoms with E-state index < -0.39 is 0 Å². The summed E-state index contributed by atoms with van der Waals surface area (Å²) in [5.41, 5.74) is 3.12. The molecule has 0 saturated carbocycles. The van der Waals surface area contributed by atoms with Crippen LogP contribution >= 0.6 is 0 Å². The van der Waals surface area contributed by atoms with Crippen LogP contribution < -0.4 is 9.80 Å². The van der Waals surface area contributed by atoms with Crippen LogP contribution in [0, 0.1) is 20.8 Å². The van der Waals surface area contributed by atoms with Crippen LogP contribution in [-0.2, 0) is 0 Å². The molecule has 4 heterocycles. The van der Waals surface area contributed by atoms with Crippen molar-refractivity contribution >= 4 is 11.8 Å². The van der Waals surface area contributed by atoms with Crippen molar-refractivity contribution in [3.8, 4) is 5.82 Å². The van der Waals surface area contributed by atoms with E-state index in [0.29, 0.717) is 0 Å². The third-order valence-corrected chi connectivity index (χ3v) is 4.52. The van der Waals surface area contributed by atoms with Gasteiger partial charge >= 0.3 is 0 Å². The van der Waals surface area contributed by atoms with Crippen LogP contribution in [-0.4, -0.2) is 55.9 Å². The van der Waals surface area contributed by atoms with E-state index >= 15 is 0 Å². The summed E-state index contributed by atoms with van der Waals surface area (Å²) in [7, 11) is 0. The van der Waals surface area contributed by atoms with Gasteiger partial charge in [0.05, 0.1) is 5.69 Å². The maximum absolute atomic E-state index is 4.51. The number of piperazine rings is 1. The van der Waals surface area contributed by atoms with Gasteiger partial charge in [-0.05, 0) is 32.4 Å². The molecular formula is C18H22N8. The van der Waals surface area contributed by atoms with Crippen molar-refractivity contribution in [3.63, 3.8) is 0 Å². The van der Waals surface area contributed by atoms with E-state index in [1.165, 1.54) is 0 Å². The maximum atomic E-state index is 4.51. The molecule has 134 valence electrons. The molecule has 0 aliphatic carbocycles. The van der Waals surface area contributed by atoms with E-state index in [4.69, 9.17) is 0 Å². The SMILES string of the molecule is Cc1cnc(N2CCN(c3cc(-n4nc(C)cc4C)ncn3)CC2)nc1. The van der Waals surface area contributed by atoms with Crippen LogP contribution in [0.4, 0.5) is 11.8 Å². The summed E-state index contributed by atoms with van der Waals surface area (Å²) < 4.78 is 1.86. The predicted molar refractivity (Wildman–Crippen MR) is 99.8 cm³/mol. The number of hydrogen-bond donors (Lipinski definition) is 0. The molecule has 4 rings (SSSR count). The summed E-state index contributed by atoms with van der Waals surface area (Å²) in [6, 6.07) is 4.04. The molecule has 0 atom stereocenters.